The zero-order valence-corrected chi connectivity index (χ0v) is 32.7. The number of aryl methyl sites for hydroxylation is 2. The van der Waals surface area contributed by atoms with Gasteiger partial charge in [0.15, 0.2) is 0 Å². The van der Waals surface area contributed by atoms with E-state index >= 15 is 0 Å². The minimum atomic E-state index is 0.0481. The molecule has 0 saturated carbocycles. The predicted octanol–water partition coefficient (Wildman–Crippen LogP) is 15.7. The summed E-state index contributed by atoms with van der Waals surface area (Å²) in [5.74, 6) is 0.0481. The molecule has 1 aromatic heterocycles. The van der Waals surface area contributed by atoms with Crippen LogP contribution in [-0.2, 0) is 0 Å². The minimum absolute atomic E-state index is 0.0481. The molecule has 0 unspecified atom stereocenters. The molecular formula is C57H42O. The summed E-state index contributed by atoms with van der Waals surface area (Å²) in [6.45, 7) is 4.25. The molecular weight excluding hydrogens is 701 g/mol. The molecule has 0 radical (unpaired) electrons. The van der Waals surface area contributed by atoms with Crippen molar-refractivity contribution in [3.63, 3.8) is 0 Å². The summed E-state index contributed by atoms with van der Waals surface area (Å²) in [5.41, 5.74) is 20.1. The first-order valence-corrected chi connectivity index (χ1v) is 20.1. The fraction of sp³-hybridized carbons (Fsp3) is 0.0526. The van der Waals surface area contributed by atoms with Gasteiger partial charge in [-0.2, -0.15) is 0 Å². The largest absolute Gasteiger partial charge is 0.455 e. The Hall–Kier alpha value is -7.22. The third-order valence-electron chi connectivity index (χ3n) is 11.7. The number of hydrogen-bond acceptors (Lipinski definition) is 1. The van der Waals surface area contributed by atoms with Crippen molar-refractivity contribution in [2.45, 2.75) is 19.8 Å². The van der Waals surface area contributed by atoms with Crippen molar-refractivity contribution >= 4 is 21.9 Å². The summed E-state index contributed by atoms with van der Waals surface area (Å²) >= 11 is 0. The number of benzene rings is 9. The van der Waals surface area contributed by atoms with Crippen LogP contribution in [0, 0.1) is 13.8 Å². The Morgan fingerprint density at radius 2 is 0.621 bits per heavy atom. The molecule has 9 aromatic carbocycles. The minimum Gasteiger partial charge on any atom is -0.455 e. The second-order valence-electron chi connectivity index (χ2n) is 15.5. The average Bonchev–Trinajstić information content (AvgIpc) is 3.67. The van der Waals surface area contributed by atoms with E-state index in [4.69, 9.17) is 4.42 Å². The van der Waals surface area contributed by atoms with Gasteiger partial charge in [0.2, 0.25) is 0 Å². The van der Waals surface area contributed by atoms with Crippen molar-refractivity contribution in [2.24, 2.45) is 0 Å². The van der Waals surface area contributed by atoms with Crippen molar-refractivity contribution in [3.05, 3.63) is 240 Å². The standard InChI is InChI=1S/C57H42O/c1-38-10-14-40(15-11-38)42-18-22-44(23-19-42)46-26-32-49(33-27-46)56(50-34-28-47(29-35-50)45-24-20-43(21-25-45)41-16-12-39(2)13-17-41)51-36-30-48(31-37-51)52-7-5-8-54-53-6-3-4-9-55(53)58-57(52)54/h3-37,56H,1-2H3. The van der Waals surface area contributed by atoms with Crippen LogP contribution < -0.4 is 0 Å². The smallest absolute Gasteiger partial charge is 0.143 e. The van der Waals surface area contributed by atoms with E-state index in [0.717, 1.165) is 33.1 Å². The number of furan rings is 1. The molecule has 0 aliphatic rings. The average molecular weight is 743 g/mol. The van der Waals surface area contributed by atoms with Gasteiger partial charge in [0.25, 0.3) is 0 Å². The molecule has 0 amide bonds. The summed E-state index contributed by atoms with van der Waals surface area (Å²) in [6.07, 6.45) is 0. The van der Waals surface area contributed by atoms with Gasteiger partial charge in [-0.25, -0.2) is 0 Å². The summed E-state index contributed by atoms with van der Waals surface area (Å²) in [6, 6.07) is 77.4. The number of fused-ring (bicyclic) bond motifs is 3. The fourth-order valence-corrected chi connectivity index (χ4v) is 8.35. The van der Waals surface area contributed by atoms with Crippen LogP contribution in [0.3, 0.4) is 0 Å². The highest BCUT2D eigenvalue weighted by atomic mass is 16.3. The Morgan fingerprint density at radius 3 is 1.03 bits per heavy atom. The van der Waals surface area contributed by atoms with E-state index < -0.39 is 0 Å². The summed E-state index contributed by atoms with van der Waals surface area (Å²) in [4.78, 5) is 0. The Balaban J connectivity index is 0.982. The second kappa shape index (κ2) is 15.0. The van der Waals surface area contributed by atoms with Crippen molar-refractivity contribution in [1.82, 2.24) is 0 Å². The Bertz CT molecular complexity index is 2850. The Kier molecular flexibility index (Phi) is 9.12. The lowest BCUT2D eigenvalue weighted by molar-refractivity contribution is 0.670. The molecule has 0 fully saturated rings. The molecule has 1 heteroatoms. The van der Waals surface area contributed by atoms with Crippen LogP contribution in [0.15, 0.2) is 217 Å². The summed E-state index contributed by atoms with van der Waals surface area (Å²) in [5, 5.41) is 2.29. The van der Waals surface area contributed by atoms with Gasteiger partial charge < -0.3 is 4.42 Å². The van der Waals surface area contributed by atoms with Crippen LogP contribution in [0.5, 0.6) is 0 Å². The van der Waals surface area contributed by atoms with Crippen LogP contribution in [0.25, 0.3) is 77.6 Å². The lowest BCUT2D eigenvalue weighted by Crippen LogP contribution is -2.03. The first kappa shape index (κ1) is 35.2. The monoisotopic (exact) mass is 742 g/mol. The maximum Gasteiger partial charge on any atom is 0.143 e. The molecule has 0 aliphatic carbocycles. The summed E-state index contributed by atoms with van der Waals surface area (Å²) in [7, 11) is 0. The van der Waals surface area contributed by atoms with Crippen LogP contribution in [-0.4, -0.2) is 0 Å². The van der Waals surface area contributed by atoms with Crippen LogP contribution in [0.2, 0.25) is 0 Å². The SMILES string of the molecule is Cc1ccc(-c2ccc(-c3ccc(C(c4ccc(-c5ccc(-c6ccc(C)cc6)cc5)cc4)c4ccc(-c5cccc6c5oc5ccccc56)cc4)cc3)cc2)cc1. The van der Waals surface area contributed by atoms with E-state index in [2.05, 4.69) is 214 Å². The molecule has 276 valence electrons. The quantitative estimate of drug-likeness (QED) is 0.141. The predicted molar refractivity (Wildman–Crippen MR) is 244 cm³/mol. The molecule has 1 heterocycles. The van der Waals surface area contributed by atoms with E-state index in [1.807, 2.05) is 12.1 Å². The first-order chi connectivity index (χ1) is 28.5. The van der Waals surface area contributed by atoms with Gasteiger partial charge in [0.05, 0.1) is 0 Å². The molecule has 0 N–H and O–H groups in total. The summed E-state index contributed by atoms with van der Waals surface area (Å²) < 4.78 is 6.42. The maximum atomic E-state index is 6.42. The molecule has 0 saturated heterocycles. The highest BCUT2D eigenvalue weighted by molar-refractivity contribution is 6.09. The third kappa shape index (κ3) is 6.82. The van der Waals surface area contributed by atoms with Crippen LogP contribution in [0.4, 0.5) is 0 Å². The van der Waals surface area contributed by atoms with E-state index in [1.54, 1.807) is 0 Å². The molecule has 10 aromatic rings. The van der Waals surface area contributed by atoms with Gasteiger partial charge in [-0.3, -0.25) is 0 Å². The van der Waals surface area contributed by atoms with Gasteiger partial charge in [-0.15, -0.1) is 0 Å². The highest BCUT2D eigenvalue weighted by Gasteiger charge is 2.19. The fourth-order valence-electron chi connectivity index (χ4n) is 8.35. The number of rotatable bonds is 8. The lowest BCUT2D eigenvalue weighted by Gasteiger charge is -2.20. The van der Waals surface area contributed by atoms with Crippen LogP contribution in [0.1, 0.15) is 33.7 Å². The van der Waals surface area contributed by atoms with Crippen molar-refractivity contribution < 1.29 is 4.42 Å². The van der Waals surface area contributed by atoms with E-state index in [-0.39, 0.29) is 5.92 Å². The molecule has 0 spiro atoms. The highest BCUT2D eigenvalue weighted by Crippen LogP contribution is 2.39. The van der Waals surface area contributed by atoms with Crippen LogP contribution >= 0.6 is 0 Å². The van der Waals surface area contributed by atoms with E-state index in [0.29, 0.717) is 0 Å². The maximum absolute atomic E-state index is 6.42. The molecule has 0 bridgehead atoms. The van der Waals surface area contributed by atoms with Crippen molar-refractivity contribution in [3.8, 4) is 55.6 Å². The van der Waals surface area contributed by atoms with Gasteiger partial charge in [0.1, 0.15) is 11.2 Å². The number of para-hydroxylation sites is 2. The van der Waals surface area contributed by atoms with Crippen molar-refractivity contribution in [1.29, 1.82) is 0 Å². The second-order valence-corrected chi connectivity index (χ2v) is 15.5. The Labute approximate surface area is 340 Å². The van der Waals surface area contributed by atoms with Gasteiger partial charge in [-0.1, -0.05) is 217 Å². The van der Waals surface area contributed by atoms with Crippen molar-refractivity contribution in [2.75, 3.05) is 0 Å². The number of hydrogen-bond donors (Lipinski definition) is 0. The normalized spacial score (nSPS) is 11.4. The van der Waals surface area contributed by atoms with Gasteiger partial charge in [-0.05, 0) is 86.7 Å². The Morgan fingerprint density at radius 1 is 0.293 bits per heavy atom. The molecule has 1 nitrogen and oxygen atoms in total. The third-order valence-corrected chi connectivity index (χ3v) is 11.7. The zero-order chi connectivity index (χ0) is 39.0. The van der Waals surface area contributed by atoms with Gasteiger partial charge >= 0.3 is 0 Å². The van der Waals surface area contributed by atoms with Gasteiger partial charge in [0, 0.05) is 22.3 Å². The molecule has 10 rings (SSSR count). The molecule has 0 aliphatic heterocycles. The van der Waals surface area contributed by atoms with E-state index in [9.17, 15) is 0 Å². The molecule has 58 heavy (non-hydrogen) atoms. The zero-order valence-electron chi connectivity index (χ0n) is 32.7. The van der Waals surface area contributed by atoms with E-state index in [1.165, 1.54) is 72.3 Å². The topological polar surface area (TPSA) is 13.1 Å². The first-order valence-electron chi connectivity index (χ1n) is 20.1. The lowest BCUT2D eigenvalue weighted by atomic mass is 9.83. The molecule has 0 atom stereocenters.